The van der Waals surface area contributed by atoms with Gasteiger partial charge in [0, 0.05) is 0 Å². The van der Waals surface area contributed by atoms with Crippen LogP contribution in [0.5, 0.6) is 0 Å². The summed E-state index contributed by atoms with van der Waals surface area (Å²) < 4.78 is 1.93. The summed E-state index contributed by atoms with van der Waals surface area (Å²) in [4.78, 5) is 20.3. The van der Waals surface area contributed by atoms with Gasteiger partial charge in [-0.2, -0.15) is 0 Å². The Labute approximate surface area is 82.4 Å². The number of furan rings is 1. The van der Waals surface area contributed by atoms with Crippen LogP contribution in [0.15, 0.2) is 22.8 Å². The topological polar surface area (TPSA) is 73.3 Å². The van der Waals surface area contributed by atoms with Gasteiger partial charge in [0.1, 0.15) is 0 Å². The van der Waals surface area contributed by atoms with Crippen molar-refractivity contribution in [1.29, 1.82) is 0 Å². The average molecular weight is 224 g/mol. The fourth-order valence-corrected chi connectivity index (χ4v) is 0.825. The fourth-order valence-electron chi connectivity index (χ4n) is 0.639. The first kappa shape index (κ1) is 10.0. The van der Waals surface area contributed by atoms with E-state index < -0.39 is 15.2 Å². The summed E-state index contributed by atoms with van der Waals surface area (Å²) in [5.74, 6) is -1.34. The third kappa shape index (κ3) is 1.81. The molecule has 0 unspecified atom stereocenters. The Morgan fingerprint density at radius 2 is 2.23 bits per heavy atom. The highest BCUT2D eigenvalue weighted by Crippen LogP contribution is 2.26. The molecule has 0 radical (unpaired) electrons. The van der Waals surface area contributed by atoms with E-state index in [2.05, 4.69) is 4.42 Å². The molecule has 1 aromatic rings. The van der Waals surface area contributed by atoms with Crippen LogP contribution < -0.4 is 0 Å². The van der Waals surface area contributed by atoms with E-state index in [-0.39, 0.29) is 5.76 Å². The van der Waals surface area contributed by atoms with Crippen molar-refractivity contribution < 1.29 is 14.1 Å². The van der Waals surface area contributed by atoms with E-state index in [1.54, 1.807) is 0 Å². The normalized spacial score (nSPS) is 11.2. The van der Waals surface area contributed by atoms with Crippen molar-refractivity contribution in [3.63, 3.8) is 0 Å². The predicted octanol–water partition coefficient (Wildman–Crippen LogP) is 1.87. The van der Waals surface area contributed by atoms with Gasteiger partial charge in [-0.05, 0) is 35.3 Å². The van der Waals surface area contributed by atoms with Crippen LogP contribution >= 0.6 is 23.2 Å². The molecule has 0 bridgehead atoms. The quantitative estimate of drug-likeness (QED) is 0.258. The highest BCUT2D eigenvalue weighted by atomic mass is 35.5. The van der Waals surface area contributed by atoms with Gasteiger partial charge in [-0.25, -0.2) is 0 Å². The second-order valence-electron chi connectivity index (χ2n) is 2.10. The highest BCUT2D eigenvalue weighted by Gasteiger charge is 2.49. The molecule has 1 rings (SSSR count). The van der Waals surface area contributed by atoms with Crippen molar-refractivity contribution in [2.24, 2.45) is 0 Å². The van der Waals surface area contributed by atoms with E-state index in [9.17, 15) is 14.9 Å². The molecule has 0 aliphatic carbocycles. The first-order valence-electron chi connectivity index (χ1n) is 3.07. The molecule has 1 aromatic heterocycles. The number of rotatable bonds is 3. The number of nitrogens with zero attached hydrogens (tertiary/aromatic N) is 1. The molecule has 0 saturated carbocycles. The summed E-state index contributed by atoms with van der Waals surface area (Å²) in [6, 6.07) is 2.64. The van der Waals surface area contributed by atoms with Crippen LogP contribution in [-0.2, 0) is 0 Å². The number of carbonyl (C=O) groups is 1. The zero-order valence-corrected chi connectivity index (χ0v) is 7.58. The van der Waals surface area contributed by atoms with Crippen molar-refractivity contribution in [3.05, 3.63) is 34.3 Å². The summed E-state index contributed by atoms with van der Waals surface area (Å²) in [5, 5.41) is 10.2. The molecule has 7 heteroatoms. The van der Waals surface area contributed by atoms with Gasteiger partial charge in [-0.1, -0.05) is 0 Å². The lowest BCUT2D eigenvalue weighted by atomic mass is 10.3. The van der Waals surface area contributed by atoms with Gasteiger partial charge in [0.15, 0.2) is 5.76 Å². The van der Waals surface area contributed by atoms with Gasteiger partial charge in [0.25, 0.3) is 0 Å². The van der Waals surface area contributed by atoms with Gasteiger partial charge < -0.3 is 4.42 Å². The molecule has 0 amide bonds. The maximum atomic E-state index is 11.2. The van der Waals surface area contributed by atoms with Crippen molar-refractivity contribution in [3.8, 4) is 0 Å². The van der Waals surface area contributed by atoms with Crippen LogP contribution in [0.1, 0.15) is 10.6 Å². The van der Waals surface area contributed by atoms with Crippen molar-refractivity contribution in [2.45, 2.75) is 4.46 Å². The van der Waals surface area contributed by atoms with Crippen LogP contribution in [0, 0.1) is 10.1 Å². The minimum atomic E-state index is -2.68. The number of alkyl halides is 2. The molecule has 0 saturated heterocycles. The molecular formula is C6H3Cl2NO4. The Bertz CT molecular complexity index is 332. The molecular weight excluding hydrogens is 221 g/mol. The maximum absolute atomic E-state index is 11.2. The van der Waals surface area contributed by atoms with Gasteiger partial charge in [0.2, 0.25) is 0 Å². The molecule has 0 spiro atoms. The van der Waals surface area contributed by atoms with Crippen molar-refractivity contribution in [2.75, 3.05) is 0 Å². The number of carbonyl (C=O) groups excluding carboxylic acids is 1. The summed E-state index contributed by atoms with van der Waals surface area (Å²) in [6.07, 6.45) is 1.19. The molecule has 0 aromatic carbocycles. The van der Waals surface area contributed by atoms with E-state index in [0.717, 1.165) is 0 Å². The summed E-state index contributed by atoms with van der Waals surface area (Å²) in [6.45, 7) is 0. The molecule has 5 nitrogen and oxygen atoms in total. The molecule has 0 N–H and O–H groups in total. The second-order valence-corrected chi connectivity index (χ2v) is 3.39. The Hall–Kier alpha value is -1.07. The van der Waals surface area contributed by atoms with E-state index in [0.29, 0.717) is 0 Å². The third-order valence-electron chi connectivity index (χ3n) is 1.25. The molecule has 0 aliphatic rings. The summed E-state index contributed by atoms with van der Waals surface area (Å²) in [7, 11) is 0. The Balaban J connectivity index is 2.98. The maximum Gasteiger partial charge on any atom is 0.436 e. The smallest absolute Gasteiger partial charge is 0.436 e. The number of hydrogen-bond acceptors (Lipinski definition) is 4. The van der Waals surface area contributed by atoms with E-state index in [1.165, 1.54) is 18.4 Å². The largest absolute Gasteiger partial charge is 0.461 e. The third-order valence-corrected chi connectivity index (χ3v) is 1.87. The van der Waals surface area contributed by atoms with Gasteiger partial charge in [-0.15, -0.1) is 0 Å². The molecule has 1 heterocycles. The number of hydrogen-bond donors (Lipinski definition) is 0. The molecule has 70 valence electrons. The minimum absolute atomic E-state index is 0.248. The standard InChI is InChI=1S/C6H3Cl2NO4/c7-6(8,9(11)12)5(10)4-2-1-3-13-4/h1-3H. The van der Waals surface area contributed by atoms with E-state index in [1.807, 2.05) is 0 Å². The van der Waals surface area contributed by atoms with Gasteiger partial charge in [0.05, 0.1) is 11.2 Å². The monoisotopic (exact) mass is 223 g/mol. The van der Waals surface area contributed by atoms with Crippen molar-refractivity contribution in [1.82, 2.24) is 0 Å². The Morgan fingerprint density at radius 1 is 1.62 bits per heavy atom. The zero-order valence-electron chi connectivity index (χ0n) is 6.07. The average Bonchev–Trinajstić information content (AvgIpc) is 2.54. The lowest BCUT2D eigenvalue weighted by Crippen LogP contribution is -2.34. The molecule has 0 fully saturated rings. The number of halogens is 2. The first-order chi connectivity index (χ1) is 5.96. The van der Waals surface area contributed by atoms with Crippen LogP contribution in [0.25, 0.3) is 0 Å². The zero-order chi connectivity index (χ0) is 10.1. The Morgan fingerprint density at radius 3 is 2.62 bits per heavy atom. The number of nitro groups is 1. The minimum Gasteiger partial charge on any atom is -0.461 e. The van der Waals surface area contributed by atoms with Crippen LogP contribution in [0.4, 0.5) is 0 Å². The van der Waals surface area contributed by atoms with E-state index >= 15 is 0 Å². The summed E-state index contributed by atoms with van der Waals surface area (Å²) >= 11 is 10.3. The molecule has 13 heavy (non-hydrogen) atoms. The summed E-state index contributed by atoms with van der Waals surface area (Å²) in [5.41, 5.74) is 0. The lowest BCUT2D eigenvalue weighted by molar-refractivity contribution is -0.498. The highest BCUT2D eigenvalue weighted by molar-refractivity contribution is 6.58. The van der Waals surface area contributed by atoms with Crippen LogP contribution in [0.2, 0.25) is 0 Å². The SMILES string of the molecule is O=C(c1ccco1)C(Cl)(Cl)[N+](=O)[O-]. The lowest BCUT2D eigenvalue weighted by Gasteiger charge is -2.05. The molecule has 0 aliphatic heterocycles. The van der Waals surface area contributed by atoms with Gasteiger partial charge in [-0.3, -0.25) is 14.9 Å². The predicted molar refractivity (Wildman–Crippen MR) is 44.5 cm³/mol. The Kier molecular flexibility index (Phi) is 2.58. The second kappa shape index (κ2) is 3.35. The fraction of sp³-hybridized carbons (Fsp3) is 0.167. The van der Waals surface area contributed by atoms with Gasteiger partial charge >= 0.3 is 10.2 Å². The van der Waals surface area contributed by atoms with Crippen molar-refractivity contribution >= 4 is 29.0 Å². The van der Waals surface area contributed by atoms with E-state index in [4.69, 9.17) is 23.2 Å². The molecule has 0 atom stereocenters. The van der Waals surface area contributed by atoms with Crippen LogP contribution in [0.3, 0.4) is 0 Å². The number of Topliss-reactive ketones (excluding diaryl/α,β-unsaturated/α-hetero) is 1. The number of ketones is 1. The van der Waals surface area contributed by atoms with Crippen LogP contribution in [-0.4, -0.2) is 15.2 Å². The first-order valence-corrected chi connectivity index (χ1v) is 3.82.